The lowest BCUT2D eigenvalue weighted by Gasteiger charge is -2.13. The summed E-state index contributed by atoms with van der Waals surface area (Å²) in [5, 5.41) is 0. The molecule has 0 saturated carbocycles. The van der Waals surface area contributed by atoms with Gasteiger partial charge in [-0.15, -0.1) is 0 Å². The van der Waals surface area contributed by atoms with Crippen LogP contribution in [0.3, 0.4) is 0 Å². The smallest absolute Gasteiger partial charge is 0.169 e. The van der Waals surface area contributed by atoms with Crippen molar-refractivity contribution in [2.75, 3.05) is 13.2 Å². The fourth-order valence-electron chi connectivity index (χ4n) is 1.54. The minimum atomic E-state index is -0.285. The monoisotopic (exact) mass is 313 g/mol. The van der Waals surface area contributed by atoms with Crippen molar-refractivity contribution < 1.29 is 13.5 Å². The van der Waals surface area contributed by atoms with E-state index in [1.165, 1.54) is 12.1 Å². The summed E-state index contributed by atoms with van der Waals surface area (Å²) in [6.07, 6.45) is 0. The topological polar surface area (TPSA) is 48.4 Å². The summed E-state index contributed by atoms with van der Waals surface area (Å²) >= 11 is 3.24. The van der Waals surface area contributed by atoms with Gasteiger partial charge in [0.1, 0.15) is 17.3 Å². The largest absolute Gasteiger partial charge is 0.493 e. The molecule has 5 heteroatoms. The van der Waals surface area contributed by atoms with Gasteiger partial charge in [0, 0.05) is 6.54 Å². The number of benzene rings is 1. The number of hydrogen-bond donors (Lipinski definition) is 1. The third-order valence-electron chi connectivity index (χ3n) is 2.55. The van der Waals surface area contributed by atoms with E-state index >= 15 is 0 Å². The van der Waals surface area contributed by atoms with Crippen LogP contribution in [-0.4, -0.2) is 13.2 Å². The van der Waals surface area contributed by atoms with Crippen LogP contribution >= 0.6 is 15.9 Å². The average molecular weight is 314 g/mol. The second kappa shape index (κ2) is 6.02. The van der Waals surface area contributed by atoms with Gasteiger partial charge in [0.05, 0.1) is 12.5 Å². The van der Waals surface area contributed by atoms with Crippen LogP contribution in [0.5, 0.6) is 5.75 Å². The maximum atomic E-state index is 12.7. The first kappa shape index (κ1) is 13.1. The highest BCUT2D eigenvalue weighted by Crippen LogP contribution is 2.22. The Bertz CT molecular complexity index is 498. The molecule has 1 atom stereocenters. The van der Waals surface area contributed by atoms with Gasteiger partial charge < -0.3 is 14.9 Å². The van der Waals surface area contributed by atoms with Gasteiger partial charge >= 0.3 is 0 Å². The first-order valence-corrected chi connectivity index (χ1v) is 6.32. The van der Waals surface area contributed by atoms with Crippen molar-refractivity contribution in [1.29, 1.82) is 0 Å². The highest BCUT2D eigenvalue weighted by molar-refractivity contribution is 9.10. The number of nitrogens with two attached hydrogens (primary N) is 1. The van der Waals surface area contributed by atoms with Gasteiger partial charge in [-0.25, -0.2) is 4.39 Å². The zero-order valence-corrected chi connectivity index (χ0v) is 11.2. The quantitative estimate of drug-likeness (QED) is 0.921. The Labute approximate surface area is 113 Å². The number of rotatable bonds is 5. The standard InChI is InChI=1S/C13H13BrFNO2/c14-13-6-5-12(18-13)9(7-16)8-17-11-3-1-10(15)2-4-11/h1-6,9H,7-8,16H2. The molecule has 3 nitrogen and oxygen atoms in total. The zero-order chi connectivity index (χ0) is 13.0. The van der Waals surface area contributed by atoms with E-state index in [4.69, 9.17) is 14.9 Å². The molecule has 2 N–H and O–H groups in total. The summed E-state index contributed by atoms with van der Waals surface area (Å²) < 4.78 is 24.4. The molecule has 1 heterocycles. The number of hydrogen-bond acceptors (Lipinski definition) is 3. The van der Waals surface area contributed by atoms with Gasteiger partial charge in [-0.3, -0.25) is 0 Å². The lowest BCUT2D eigenvalue weighted by molar-refractivity contribution is 0.271. The summed E-state index contributed by atoms with van der Waals surface area (Å²) in [5.74, 6) is 1.07. The maximum absolute atomic E-state index is 12.7. The van der Waals surface area contributed by atoms with E-state index in [2.05, 4.69) is 15.9 Å². The summed E-state index contributed by atoms with van der Waals surface area (Å²) in [6, 6.07) is 9.56. The first-order chi connectivity index (χ1) is 8.69. The molecule has 0 saturated heterocycles. The third-order valence-corrected chi connectivity index (χ3v) is 2.97. The van der Waals surface area contributed by atoms with Gasteiger partial charge in [-0.2, -0.15) is 0 Å². The number of furan rings is 1. The van der Waals surface area contributed by atoms with Crippen molar-refractivity contribution in [2.45, 2.75) is 5.92 Å². The van der Waals surface area contributed by atoms with Gasteiger partial charge in [0.15, 0.2) is 4.67 Å². The van der Waals surface area contributed by atoms with Crippen LogP contribution in [0.1, 0.15) is 11.7 Å². The van der Waals surface area contributed by atoms with Crippen LogP contribution in [-0.2, 0) is 0 Å². The average Bonchev–Trinajstić information content (AvgIpc) is 2.79. The molecule has 18 heavy (non-hydrogen) atoms. The second-order valence-electron chi connectivity index (χ2n) is 3.84. The van der Waals surface area contributed by atoms with Crippen molar-refractivity contribution in [3.8, 4) is 5.75 Å². The van der Waals surface area contributed by atoms with Gasteiger partial charge in [-0.05, 0) is 52.3 Å². The Morgan fingerprint density at radius 3 is 2.50 bits per heavy atom. The summed E-state index contributed by atoms with van der Waals surface area (Å²) in [5.41, 5.74) is 5.69. The molecule has 0 aliphatic rings. The van der Waals surface area contributed by atoms with E-state index in [-0.39, 0.29) is 11.7 Å². The molecule has 1 aromatic carbocycles. The van der Waals surface area contributed by atoms with Crippen LogP contribution in [0.2, 0.25) is 0 Å². The molecule has 0 aliphatic carbocycles. The highest BCUT2D eigenvalue weighted by Gasteiger charge is 2.14. The molecule has 96 valence electrons. The number of halogens is 2. The van der Waals surface area contributed by atoms with E-state index in [1.54, 1.807) is 12.1 Å². The van der Waals surface area contributed by atoms with E-state index in [0.717, 1.165) is 5.76 Å². The fourth-order valence-corrected chi connectivity index (χ4v) is 1.86. The Hall–Kier alpha value is -1.33. The summed E-state index contributed by atoms with van der Waals surface area (Å²) in [7, 11) is 0. The molecular weight excluding hydrogens is 301 g/mol. The summed E-state index contributed by atoms with van der Waals surface area (Å²) in [6.45, 7) is 0.809. The highest BCUT2D eigenvalue weighted by atomic mass is 79.9. The summed E-state index contributed by atoms with van der Waals surface area (Å²) in [4.78, 5) is 0. The van der Waals surface area contributed by atoms with E-state index < -0.39 is 0 Å². The zero-order valence-electron chi connectivity index (χ0n) is 9.61. The third kappa shape index (κ3) is 3.34. The lowest BCUT2D eigenvalue weighted by Crippen LogP contribution is -2.19. The minimum absolute atomic E-state index is 0.0265. The van der Waals surface area contributed by atoms with Gasteiger partial charge in [-0.1, -0.05) is 0 Å². The van der Waals surface area contributed by atoms with Crippen molar-refractivity contribution in [3.63, 3.8) is 0 Å². The van der Waals surface area contributed by atoms with E-state index in [1.807, 2.05) is 12.1 Å². The lowest BCUT2D eigenvalue weighted by atomic mass is 10.1. The fraction of sp³-hybridized carbons (Fsp3) is 0.231. The van der Waals surface area contributed by atoms with Crippen LogP contribution in [0, 0.1) is 5.82 Å². The van der Waals surface area contributed by atoms with Crippen molar-refractivity contribution in [2.24, 2.45) is 5.73 Å². The molecule has 0 fully saturated rings. The molecule has 0 radical (unpaired) electrons. The van der Waals surface area contributed by atoms with Crippen molar-refractivity contribution in [3.05, 3.63) is 52.6 Å². The SMILES string of the molecule is NCC(COc1ccc(F)cc1)c1ccc(Br)o1. The number of ether oxygens (including phenoxy) is 1. The van der Waals surface area contributed by atoms with Gasteiger partial charge in [0.2, 0.25) is 0 Å². The van der Waals surface area contributed by atoms with Gasteiger partial charge in [0.25, 0.3) is 0 Å². The molecular formula is C13H13BrFNO2. The second-order valence-corrected chi connectivity index (χ2v) is 4.62. The molecule has 0 amide bonds. The Balaban J connectivity index is 1.97. The predicted molar refractivity (Wildman–Crippen MR) is 70.1 cm³/mol. The molecule has 1 aromatic heterocycles. The predicted octanol–water partition coefficient (Wildman–Crippen LogP) is 3.30. The van der Waals surface area contributed by atoms with Crippen LogP contribution < -0.4 is 10.5 Å². The van der Waals surface area contributed by atoms with Crippen LogP contribution in [0.15, 0.2) is 45.5 Å². The van der Waals surface area contributed by atoms with E-state index in [9.17, 15) is 4.39 Å². The molecule has 0 aliphatic heterocycles. The first-order valence-electron chi connectivity index (χ1n) is 5.52. The molecule has 0 bridgehead atoms. The molecule has 0 spiro atoms. The normalized spacial score (nSPS) is 12.4. The maximum Gasteiger partial charge on any atom is 0.169 e. The van der Waals surface area contributed by atoms with Crippen LogP contribution in [0.25, 0.3) is 0 Å². The Morgan fingerprint density at radius 2 is 1.94 bits per heavy atom. The molecule has 2 aromatic rings. The van der Waals surface area contributed by atoms with Crippen LogP contribution in [0.4, 0.5) is 4.39 Å². The minimum Gasteiger partial charge on any atom is -0.493 e. The van der Waals surface area contributed by atoms with E-state index in [0.29, 0.717) is 23.6 Å². The Morgan fingerprint density at radius 1 is 1.22 bits per heavy atom. The molecule has 1 unspecified atom stereocenters. The molecule has 2 rings (SSSR count). The Kier molecular flexibility index (Phi) is 4.38. The van der Waals surface area contributed by atoms with Crippen molar-refractivity contribution >= 4 is 15.9 Å². The van der Waals surface area contributed by atoms with Crippen molar-refractivity contribution in [1.82, 2.24) is 0 Å².